The number of halogens is 1. The monoisotopic (exact) mass is 465 g/mol. The average Bonchev–Trinajstić information content (AvgIpc) is 2.74. The van der Waals surface area contributed by atoms with Crippen molar-refractivity contribution in [1.29, 1.82) is 0 Å². The summed E-state index contributed by atoms with van der Waals surface area (Å²) in [5, 5.41) is 3.01. The zero-order valence-electron chi connectivity index (χ0n) is 16.2. The highest BCUT2D eigenvalue weighted by Crippen LogP contribution is 2.36. The molecule has 2 aliphatic rings. The number of hydrogen-bond acceptors (Lipinski definition) is 5. The largest absolute Gasteiger partial charge is 0.336 e. The quantitative estimate of drug-likeness (QED) is 0.753. The van der Waals surface area contributed by atoms with Crippen LogP contribution in [0.4, 0.5) is 5.69 Å². The second-order valence-corrected chi connectivity index (χ2v) is 10.9. The van der Waals surface area contributed by atoms with Crippen LogP contribution in [-0.2, 0) is 14.8 Å². The van der Waals surface area contributed by atoms with Gasteiger partial charge in [0, 0.05) is 41.7 Å². The first kappa shape index (κ1) is 21.2. The normalized spacial score (nSPS) is 19.9. The van der Waals surface area contributed by atoms with Gasteiger partial charge in [0.25, 0.3) is 5.91 Å². The average molecular weight is 466 g/mol. The number of nitrogens with zero attached hydrogens (tertiary/aromatic N) is 2. The topological polar surface area (TPSA) is 86.8 Å². The molecule has 7 nitrogen and oxygen atoms in total. The van der Waals surface area contributed by atoms with Crippen LogP contribution in [0.1, 0.15) is 17.3 Å². The minimum absolute atomic E-state index is 0.0862. The maximum atomic E-state index is 12.9. The lowest BCUT2D eigenvalue weighted by Crippen LogP contribution is -2.50. The fourth-order valence-electron chi connectivity index (χ4n) is 3.43. The van der Waals surface area contributed by atoms with E-state index in [1.54, 1.807) is 29.2 Å². The summed E-state index contributed by atoms with van der Waals surface area (Å²) < 4.78 is 27.0. The summed E-state index contributed by atoms with van der Waals surface area (Å²) in [5.41, 5.74) is 1.10. The van der Waals surface area contributed by atoms with Crippen molar-refractivity contribution in [2.24, 2.45) is 0 Å². The van der Waals surface area contributed by atoms with Gasteiger partial charge in [-0.05, 0) is 43.3 Å². The molecule has 0 radical (unpaired) electrons. The first-order valence-electron chi connectivity index (χ1n) is 9.42. The van der Waals surface area contributed by atoms with Crippen molar-refractivity contribution in [3.63, 3.8) is 0 Å². The van der Waals surface area contributed by atoms with Gasteiger partial charge in [0.15, 0.2) is 0 Å². The van der Waals surface area contributed by atoms with Gasteiger partial charge in [0.05, 0.1) is 15.8 Å². The molecule has 1 saturated heterocycles. The Morgan fingerprint density at radius 2 is 1.87 bits per heavy atom. The highest BCUT2D eigenvalue weighted by molar-refractivity contribution is 8.01. The van der Waals surface area contributed by atoms with Crippen LogP contribution in [0.3, 0.4) is 0 Å². The van der Waals surface area contributed by atoms with Gasteiger partial charge >= 0.3 is 0 Å². The molecule has 2 amide bonds. The number of carbonyl (C=O) groups is 2. The number of carbonyl (C=O) groups excluding carboxylic acids is 2. The molecular formula is C20H20ClN3O4S2. The molecule has 4 rings (SSSR count). The van der Waals surface area contributed by atoms with Gasteiger partial charge in [-0.1, -0.05) is 17.7 Å². The summed E-state index contributed by atoms with van der Waals surface area (Å²) in [5.74, 6) is -0.271. The van der Waals surface area contributed by atoms with E-state index < -0.39 is 10.0 Å². The SMILES string of the molecule is CC1Sc2ccc(C(=O)N3CCN(S(=O)(=O)c4cccc(Cl)c4)CC3)cc2NC1=O. The molecule has 0 spiro atoms. The van der Waals surface area contributed by atoms with Crippen molar-refractivity contribution in [2.75, 3.05) is 31.5 Å². The molecule has 0 bridgehead atoms. The number of nitrogens with one attached hydrogen (secondary N) is 1. The van der Waals surface area contributed by atoms with Crippen LogP contribution in [-0.4, -0.2) is 60.9 Å². The van der Waals surface area contributed by atoms with Crippen molar-refractivity contribution >= 4 is 50.9 Å². The van der Waals surface area contributed by atoms with Gasteiger partial charge in [0.2, 0.25) is 15.9 Å². The zero-order valence-corrected chi connectivity index (χ0v) is 18.6. The van der Waals surface area contributed by atoms with Crippen molar-refractivity contribution in [1.82, 2.24) is 9.21 Å². The predicted molar refractivity (Wildman–Crippen MR) is 117 cm³/mol. The highest BCUT2D eigenvalue weighted by Gasteiger charge is 2.31. The molecule has 0 aromatic heterocycles. The fourth-order valence-corrected chi connectivity index (χ4v) is 6.09. The van der Waals surface area contributed by atoms with E-state index >= 15 is 0 Å². The molecule has 1 fully saturated rings. The highest BCUT2D eigenvalue weighted by atomic mass is 35.5. The van der Waals surface area contributed by atoms with Crippen LogP contribution in [0.15, 0.2) is 52.3 Å². The molecule has 0 saturated carbocycles. The maximum absolute atomic E-state index is 12.9. The summed E-state index contributed by atoms with van der Waals surface area (Å²) in [6.07, 6.45) is 0. The van der Waals surface area contributed by atoms with Crippen LogP contribution in [0.25, 0.3) is 0 Å². The third-order valence-electron chi connectivity index (χ3n) is 5.12. The van der Waals surface area contributed by atoms with Gasteiger partial charge in [-0.15, -0.1) is 11.8 Å². The molecule has 1 unspecified atom stereocenters. The van der Waals surface area contributed by atoms with Crippen LogP contribution in [0.2, 0.25) is 5.02 Å². The van der Waals surface area contributed by atoms with Gasteiger partial charge in [-0.25, -0.2) is 8.42 Å². The van der Waals surface area contributed by atoms with E-state index in [4.69, 9.17) is 11.6 Å². The van der Waals surface area contributed by atoms with Gasteiger partial charge < -0.3 is 10.2 Å². The summed E-state index contributed by atoms with van der Waals surface area (Å²) >= 11 is 7.38. The molecule has 1 atom stereocenters. The molecule has 30 heavy (non-hydrogen) atoms. The van der Waals surface area contributed by atoms with Crippen LogP contribution in [0, 0.1) is 0 Å². The second kappa shape index (κ2) is 8.22. The first-order valence-corrected chi connectivity index (χ1v) is 12.1. The number of hydrogen-bond donors (Lipinski definition) is 1. The number of amides is 2. The Balaban J connectivity index is 1.45. The molecule has 0 aliphatic carbocycles. The van der Waals surface area contributed by atoms with E-state index in [-0.39, 0.29) is 48.1 Å². The maximum Gasteiger partial charge on any atom is 0.254 e. The lowest BCUT2D eigenvalue weighted by atomic mass is 10.1. The van der Waals surface area contributed by atoms with E-state index in [0.717, 1.165) is 4.90 Å². The van der Waals surface area contributed by atoms with Gasteiger partial charge in [0.1, 0.15) is 0 Å². The molecule has 158 valence electrons. The number of thioether (sulfide) groups is 1. The zero-order chi connectivity index (χ0) is 21.5. The van der Waals surface area contributed by atoms with Crippen LogP contribution >= 0.6 is 23.4 Å². The molecule has 1 N–H and O–H groups in total. The number of benzene rings is 2. The van der Waals surface area contributed by atoms with Crippen LogP contribution in [0.5, 0.6) is 0 Å². The Morgan fingerprint density at radius 1 is 1.13 bits per heavy atom. The summed E-state index contributed by atoms with van der Waals surface area (Å²) in [6, 6.07) is 11.4. The van der Waals surface area contributed by atoms with Crippen molar-refractivity contribution in [3.05, 3.63) is 53.1 Å². The minimum atomic E-state index is -3.66. The summed E-state index contributed by atoms with van der Waals surface area (Å²) in [7, 11) is -3.66. The minimum Gasteiger partial charge on any atom is -0.336 e. The molecule has 10 heteroatoms. The molecular weight excluding hydrogens is 446 g/mol. The molecule has 2 aromatic rings. The van der Waals surface area contributed by atoms with Crippen LogP contribution < -0.4 is 5.32 Å². The lowest BCUT2D eigenvalue weighted by Gasteiger charge is -2.34. The Kier molecular flexibility index (Phi) is 5.80. The molecule has 2 aliphatic heterocycles. The number of rotatable bonds is 3. The Morgan fingerprint density at radius 3 is 2.57 bits per heavy atom. The number of fused-ring (bicyclic) bond motifs is 1. The lowest BCUT2D eigenvalue weighted by molar-refractivity contribution is -0.115. The Labute approximate surface area is 184 Å². The molecule has 2 aromatic carbocycles. The number of piperazine rings is 1. The third-order valence-corrected chi connectivity index (χ3v) is 8.42. The van der Waals surface area contributed by atoms with Gasteiger partial charge in [-0.3, -0.25) is 9.59 Å². The van der Waals surface area contributed by atoms with Gasteiger partial charge in [-0.2, -0.15) is 4.31 Å². The van der Waals surface area contributed by atoms with E-state index in [1.807, 2.05) is 13.0 Å². The van der Waals surface area contributed by atoms with E-state index in [9.17, 15) is 18.0 Å². The standard InChI is InChI=1S/C20H20ClN3O4S2/c1-13-19(25)22-17-11-14(5-6-18(17)29-13)20(26)23-7-9-24(10-8-23)30(27,28)16-4-2-3-15(21)12-16/h2-6,11-13H,7-10H2,1H3,(H,22,25). The first-order chi connectivity index (χ1) is 14.3. The van der Waals surface area contributed by atoms with E-state index in [0.29, 0.717) is 16.3 Å². The summed E-state index contributed by atoms with van der Waals surface area (Å²) in [6.45, 7) is 2.81. The molecule has 2 heterocycles. The smallest absolute Gasteiger partial charge is 0.254 e. The van der Waals surface area contributed by atoms with Crippen molar-refractivity contribution in [3.8, 4) is 0 Å². The van der Waals surface area contributed by atoms with Crippen molar-refractivity contribution in [2.45, 2.75) is 22.0 Å². The second-order valence-electron chi connectivity index (χ2n) is 7.11. The van der Waals surface area contributed by atoms with E-state index in [2.05, 4.69) is 5.32 Å². The summed E-state index contributed by atoms with van der Waals surface area (Å²) in [4.78, 5) is 27.5. The van der Waals surface area contributed by atoms with E-state index in [1.165, 1.54) is 28.2 Å². The fraction of sp³-hybridized carbons (Fsp3) is 0.300. The van der Waals surface area contributed by atoms with Crippen molar-refractivity contribution < 1.29 is 18.0 Å². The number of anilines is 1. The number of sulfonamides is 1. The Bertz CT molecular complexity index is 1110. The Hall–Kier alpha value is -2.07. The predicted octanol–water partition coefficient (Wildman–Crippen LogP) is 2.92. The third kappa shape index (κ3) is 4.07.